The number of amides is 1. The van der Waals surface area contributed by atoms with Crippen molar-refractivity contribution in [2.24, 2.45) is 0 Å². The first-order valence-corrected chi connectivity index (χ1v) is 6.88. The van der Waals surface area contributed by atoms with Crippen molar-refractivity contribution >= 4 is 11.6 Å². The molecule has 1 aromatic carbocycles. The SMILES string of the molecule is N#Cc1ccc(CNc2ccc(C(=O)NC3CC3)cc2)o1. The number of nitrogens with one attached hydrogen (secondary N) is 2. The molecule has 2 N–H and O–H groups in total. The monoisotopic (exact) mass is 281 g/mol. The lowest BCUT2D eigenvalue weighted by Crippen LogP contribution is -2.25. The quantitative estimate of drug-likeness (QED) is 0.883. The van der Waals surface area contributed by atoms with E-state index in [1.54, 1.807) is 24.3 Å². The molecule has 0 atom stereocenters. The summed E-state index contributed by atoms with van der Waals surface area (Å²) in [6.07, 6.45) is 2.17. The number of rotatable bonds is 5. The van der Waals surface area contributed by atoms with Crippen LogP contribution in [0.15, 0.2) is 40.8 Å². The van der Waals surface area contributed by atoms with E-state index in [0.717, 1.165) is 18.5 Å². The molecule has 1 fully saturated rings. The van der Waals surface area contributed by atoms with Crippen molar-refractivity contribution in [1.82, 2.24) is 5.32 Å². The van der Waals surface area contributed by atoms with Crippen LogP contribution in [0, 0.1) is 11.3 Å². The summed E-state index contributed by atoms with van der Waals surface area (Å²) < 4.78 is 5.28. The molecule has 0 spiro atoms. The Balaban J connectivity index is 1.56. The topological polar surface area (TPSA) is 78.1 Å². The summed E-state index contributed by atoms with van der Waals surface area (Å²) >= 11 is 0. The van der Waals surface area contributed by atoms with Crippen LogP contribution >= 0.6 is 0 Å². The number of benzene rings is 1. The van der Waals surface area contributed by atoms with E-state index in [2.05, 4.69) is 10.6 Å². The lowest BCUT2D eigenvalue weighted by molar-refractivity contribution is 0.0951. The van der Waals surface area contributed by atoms with Gasteiger partial charge >= 0.3 is 0 Å². The maximum absolute atomic E-state index is 11.8. The molecule has 5 nitrogen and oxygen atoms in total. The Labute approximate surface area is 122 Å². The van der Waals surface area contributed by atoms with Crippen molar-refractivity contribution in [1.29, 1.82) is 5.26 Å². The van der Waals surface area contributed by atoms with E-state index in [0.29, 0.717) is 29.7 Å². The zero-order valence-electron chi connectivity index (χ0n) is 11.4. The summed E-state index contributed by atoms with van der Waals surface area (Å²) in [6.45, 7) is 0.495. The summed E-state index contributed by atoms with van der Waals surface area (Å²) in [4.78, 5) is 11.8. The van der Waals surface area contributed by atoms with Gasteiger partial charge in [0.05, 0.1) is 6.54 Å². The Morgan fingerprint density at radius 1 is 1.24 bits per heavy atom. The maximum atomic E-state index is 11.8. The van der Waals surface area contributed by atoms with Crippen LogP contribution in [0.25, 0.3) is 0 Å². The summed E-state index contributed by atoms with van der Waals surface area (Å²) in [5.74, 6) is 0.981. The van der Waals surface area contributed by atoms with Crippen LogP contribution in [0.3, 0.4) is 0 Å². The molecule has 21 heavy (non-hydrogen) atoms. The zero-order chi connectivity index (χ0) is 14.7. The molecule has 2 aromatic rings. The molecule has 1 saturated carbocycles. The average Bonchev–Trinajstić information content (AvgIpc) is 3.20. The fourth-order valence-electron chi connectivity index (χ4n) is 1.96. The number of carbonyl (C=O) groups excluding carboxylic acids is 1. The van der Waals surface area contributed by atoms with Crippen molar-refractivity contribution in [3.05, 3.63) is 53.5 Å². The van der Waals surface area contributed by atoms with Gasteiger partial charge in [0.25, 0.3) is 5.91 Å². The van der Waals surface area contributed by atoms with Crippen LogP contribution in [0.5, 0.6) is 0 Å². The Kier molecular flexibility index (Phi) is 3.61. The van der Waals surface area contributed by atoms with Crippen LogP contribution < -0.4 is 10.6 Å². The highest BCUT2D eigenvalue weighted by atomic mass is 16.3. The zero-order valence-corrected chi connectivity index (χ0v) is 11.4. The first-order valence-electron chi connectivity index (χ1n) is 6.88. The van der Waals surface area contributed by atoms with Crippen molar-refractivity contribution in [2.75, 3.05) is 5.32 Å². The highest BCUT2D eigenvalue weighted by Crippen LogP contribution is 2.20. The summed E-state index contributed by atoms with van der Waals surface area (Å²) in [6, 6.07) is 13.0. The van der Waals surface area contributed by atoms with Gasteiger partial charge in [-0.1, -0.05) is 0 Å². The van der Waals surface area contributed by atoms with Crippen molar-refractivity contribution < 1.29 is 9.21 Å². The van der Waals surface area contributed by atoms with Crippen molar-refractivity contribution in [3.63, 3.8) is 0 Å². The molecule has 0 bridgehead atoms. The number of anilines is 1. The van der Waals surface area contributed by atoms with Crippen LogP contribution in [-0.2, 0) is 6.54 Å². The standard InChI is InChI=1S/C16H15N3O2/c17-9-14-7-8-15(21-14)10-18-12-3-1-11(2-4-12)16(20)19-13-5-6-13/h1-4,7-8,13,18H,5-6,10H2,(H,19,20). The van der Waals surface area contributed by atoms with E-state index in [1.165, 1.54) is 0 Å². The lowest BCUT2D eigenvalue weighted by Gasteiger charge is -2.06. The second-order valence-electron chi connectivity index (χ2n) is 5.06. The third-order valence-corrected chi connectivity index (χ3v) is 3.30. The minimum absolute atomic E-state index is 0.0197. The summed E-state index contributed by atoms with van der Waals surface area (Å²) in [7, 11) is 0. The number of nitriles is 1. The third-order valence-electron chi connectivity index (χ3n) is 3.30. The fourth-order valence-corrected chi connectivity index (χ4v) is 1.96. The number of carbonyl (C=O) groups is 1. The van der Waals surface area contributed by atoms with Gasteiger partial charge in [-0.3, -0.25) is 4.79 Å². The van der Waals surface area contributed by atoms with Gasteiger partial charge in [-0.15, -0.1) is 0 Å². The van der Waals surface area contributed by atoms with Gasteiger partial charge in [0, 0.05) is 17.3 Å². The first kappa shape index (κ1) is 13.3. The van der Waals surface area contributed by atoms with Gasteiger partial charge < -0.3 is 15.1 Å². The second-order valence-corrected chi connectivity index (χ2v) is 5.06. The number of nitrogens with zero attached hydrogens (tertiary/aromatic N) is 1. The summed E-state index contributed by atoms with van der Waals surface area (Å²) in [5.41, 5.74) is 1.56. The van der Waals surface area contributed by atoms with Crippen molar-refractivity contribution in [2.45, 2.75) is 25.4 Å². The molecule has 0 aliphatic heterocycles. The lowest BCUT2D eigenvalue weighted by atomic mass is 10.2. The van der Waals surface area contributed by atoms with Gasteiger partial charge in [0.2, 0.25) is 5.76 Å². The van der Waals surface area contributed by atoms with Gasteiger partial charge in [-0.2, -0.15) is 5.26 Å². The Morgan fingerprint density at radius 3 is 2.62 bits per heavy atom. The minimum Gasteiger partial charge on any atom is -0.449 e. The van der Waals surface area contributed by atoms with Crippen LogP contribution in [0.2, 0.25) is 0 Å². The maximum Gasteiger partial charge on any atom is 0.251 e. The molecular weight excluding hydrogens is 266 g/mol. The van der Waals surface area contributed by atoms with Crippen LogP contribution in [-0.4, -0.2) is 11.9 Å². The van der Waals surface area contributed by atoms with E-state index < -0.39 is 0 Å². The van der Waals surface area contributed by atoms with Gasteiger partial charge in [-0.25, -0.2) is 0 Å². The van der Waals surface area contributed by atoms with E-state index in [4.69, 9.17) is 9.68 Å². The molecule has 3 rings (SSSR count). The van der Waals surface area contributed by atoms with Gasteiger partial charge in [-0.05, 0) is 49.2 Å². The number of hydrogen-bond donors (Lipinski definition) is 2. The minimum atomic E-state index is -0.0197. The first-order chi connectivity index (χ1) is 10.2. The normalized spacial score (nSPS) is 13.5. The van der Waals surface area contributed by atoms with Crippen LogP contribution in [0.4, 0.5) is 5.69 Å². The predicted molar refractivity (Wildman–Crippen MR) is 77.7 cm³/mol. The fraction of sp³-hybridized carbons (Fsp3) is 0.250. The average molecular weight is 281 g/mol. The molecule has 1 amide bonds. The molecule has 5 heteroatoms. The molecule has 1 heterocycles. The molecule has 0 saturated heterocycles. The molecule has 1 aliphatic carbocycles. The van der Waals surface area contributed by atoms with E-state index >= 15 is 0 Å². The Hall–Kier alpha value is -2.74. The van der Waals surface area contributed by atoms with Crippen LogP contribution in [0.1, 0.15) is 34.7 Å². The Morgan fingerprint density at radius 2 is 2.00 bits per heavy atom. The summed E-state index contributed by atoms with van der Waals surface area (Å²) in [5, 5.41) is 14.8. The smallest absolute Gasteiger partial charge is 0.251 e. The number of furan rings is 1. The molecule has 0 radical (unpaired) electrons. The highest BCUT2D eigenvalue weighted by molar-refractivity contribution is 5.94. The second kappa shape index (κ2) is 5.71. The molecule has 1 aromatic heterocycles. The number of hydrogen-bond acceptors (Lipinski definition) is 4. The molecule has 1 aliphatic rings. The molecule has 106 valence electrons. The largest absolute Gasteiger partial charge is 0.449 e. The molecular formula is C16H15N3O2. The third kappa shape index (κ3) is 3.42. The van der Waals surface area contributed by atoms with E-state index in [1.807, 2.05) is 18.2 Å². The van der Waals surface area contributed by atoms with E-state index in [-0.39, 0.29) is 5.91 Å². The Bertz CT molecular complexity index is 678. The van der Waals surface area contributed by atoms with Gasteiger partial charge in [0.1, 0.15) is 11.8 Å². The predicted octanol–water partition coefficient (Wildman–Crippen LogP) is 2.66. The van der Waals surface area contributed by atoms with Gasteiger partial charge in [0.15, 0.2) is 0 Å². The van der Waals surface area contributed by atoms with E-state index in [9.17, 15) is 4.79 Å². The van der Waals surface area contributed by atoms with Crippen molar-refractivity contribution in [3.8, 4) is 6.07 Å². The highest BCUT2D eigenvalue weighted by Gasteiger charge is 2.23. The molecule has 0 unspecified atom stereocenters.